The number of hydrogen-bond donors (Lipinski definition) is 0. The maximum absolute atomic E-state index is 13.0. The van der Waals surface area contributed by atoms with E-state index in [2.05, 4.69) is 42.2 Å². The molecule has 0 saturated carbocycles. The summed E-state index contributed by atoms with van der Waals surface area (Å²) in [6, 6.07) is 15.2. The van der Waals surface area contributed by atoms with Crippen LogP contribution >= 0.6 is 0 Å². The first-order valence-corrected chi connectivity index (χ1v) is 8.98. The molecular weight excluding hydrogens is 297 g/mol. The zero-order valence-electron chi connectivity index (χ0n) is 14.5. The Labute approximate surface area is 144 Å². The molecular formula is C22H26FN. The van der Waals surface area contributed by atoms with Gasteiger partial charge in [-0.3, -0.25) is 0 Å². The van der Waals surface area contributed by atoms with Gasteiger partial charge in [0, 0.05) is 6.54 Å². The first kappa shape index (κ1) is 16.9. The number of hydrogen-bond acceptors (Lipinski definition) is 1. The number of benzene rings is 2. The molecule has 3 rings (SSSR count). The largest absolute Gasteiger partial charge is 0.303 e. The van der Waals surface area contributed by atoms with Crippen LogP contribution in [0, 0.1) is 5.82 Å². The van der Waals surface area contributed by atoms with E-state index in [1.165, 1.54) is 62.2 Å². The summed E-state index contributed by atoms with van der Waals surface area (Å²) in [4.78, 5) is 2.57. The van der Waals surface area contributed by atoms with Crippen molar-refractivity contribution in [1.29, 1.82) is 0 Å². The van der Waals surface area contributed by atoms with E-state index in [4.69, 9.17) is 0 Å². The lowest BCUT2D eigenvalue weighted by molar-refractivity contribution is 0.233. The zero-order chi connectivity index (χ0) is 16.8. The molecule has 0 spiro atoms. The Balaban J connectivity index is 1.59. The van der Waals surface area contributed by atoms with Crippen LogP contribution in [0.5, 0.6) is 0 Å². The second-order valence-corrected chi connectivity index (χ2v) is 6.66. The van der Waals surface area contributed by atoms with E-state index in [1.54, 1.807) is 0 Å². The van der Waals surface area contributed by atoms with E-state index in [9.17, 15) is 4.39 Å². The van der Waals surface area contributed by atoms with Crippen LogP contribution in [0.2, 0.25) is 0 Å². The summed E-state index contributed by atoms with van der Waals surface area (Å²) in [5.74, 6) is -0.192. The SMILES string of the molecule is CC(=CCCN1CCCCC1)c1ccc(-c2ccc(F)cc2)cc1. The minimum absolute atomic E-state index is 0.192. The minimum atomic E-state index is -0.192. The highest BCUT2D eigenvalue weighted by Gasteiger charge is 2.08. The van der Waals surface area contributed by atoms with Gasteiger partial charge >= 0.3 is 0 Å². The van der Waals surface area contributed by atoms with Crippen molar-refractivity contribution in [3.05, 3.63) is 66.0 Å². The van der Waals surface area contributed by atoms with E-state index < -0.39 is 0 Å². The highest BCUT2D eigenvalue weighted by atomic mass is 19.1. The summed E-state index contributed by atoms with van der Waals surface area (Å²) >= 11 is 0. The Morgan fingerprint density at radius 1 is 0.917 bits per heavy atom. The third kappa shape index (κ3) is 4.55. The van der Waals surface area contributed by atoms with Gasteiger partial charge in [0.05, 0.1) is 0 Å². The highest BCUT2D eigenvalue weighted by molar-refractivity contribution is 5.69. The Morgan fingerprint density at radius 2 is 1.50 bits per heavy atom. The molecule has 1 heterocycles. The van der Waals surface area contributed by atoms with Crippen molar-refractivity contribution in [3.63, 3.8) is 0 Å². The van der Waals surface area contributed by atoms with Crippen molar-refractivity contribution in [2.45, 2.75) is 32.6 Å². The molecule has 126 valence electrons. The smallest absolute Gasteiger partial charge is 0.123 e. The molecule has 1 nitrogen and oxygen atoms in total. The van der Waals surface area contributed by atoms with Crippen molar-refractivity contribution in [2.24, 2.45) is 0 Å². The van der Waals surface area contributed by atoms with E-state index >= 15 is 0 Å². The van der Waals surface area contributed by atoms with Gasteiger partial charge in [-0.2, -0.15) is 0 Å². The Kier molecular flexibility index (Phi) is 5.81. The van der Waals surface area contributed by atoms with Crippen LogP contribution in [0.25, 0.3) is 16.7 Å². The van der Waals surface area contributed by atoms with Gasteiger partial charge < -0.3 is 4.90 Å². The average molecular weight is 323 g/mol. The number of piperidine rings is 1. The highest BCUT2D eigenvalue weighted by Crippen LogP contribution is 2.23. The third-order valence-corrected chi connectivity index (χ3v) is 4.86. The summed E-state index contributed by atoms with van der Waals surface area (Å²) in [5, 5.41) is 0. The molecule has 1 aliphatic heterocycles. The quantitative estimate of drug-likeness (QED) is 0.675. The van der Waals surface area contributed by atoms with E-state index in [-0.39, 0.29) is 5.82 Å². The van der Waals surface area contributed by atoms with Gasteiger partial charge in [0.25, 0.3) is 0 Å². The molecule has 2 aromatic carbocycles. The van der Waals surface area contributed by atoms with Crippen LogP contribution in [0.15, 0.2) is 54.6 Å². The molecule has 1 saturated heterocycles. The van der Waals surface area contributed by atoms with E-state index in [0.29, 0.717) is 0 Å². The molecule has 0 radical (unpaired) electrons. The van der Waals surface area contributed by atoms with E-state index in [1.807, 2.05) is 12.1 Å². The number of rotatable bonds is 5. The molecule has 0 unspecified atom stereocenters. The van der Waals surface area contributed by atoms with Gasteiger partial charge in [0.15, 0.2) is 0 Å². The maximum atomic E-state index is 13.0. The second kappa shape index (κ2) is 8.25. The molecule has 2 heteroatoms. The lowest BCUT2D eigenvalue weighted by atomic mass is 10.0. The van der Waals surface area contributed by atoms with Gasteiger partial charge in [0.1, 0.15) is 5.82 Å². The molecule has 0 N–H and O–H groups in total. The fourth-order valence-electron chi connectivity index (χ4n) is 3.33. The maximum Gasteiger partial charge on any atom is 0.123 e. The van der Waals surface area contributed by atoms with Gasteiger partial charge in [-0.1, -0.05) is 48.9 Å². The molecule has 2 aromatic rings. The van der Waals surface area contributed by atoms with Crippen LogP contribution in [-0.4, -0.2) is 24.5 Å². The lowest BCUT2D eigenvalue weighted by Gasteiger charge is -2.25. The Bertz CT molecular complexity index is 664. The van der Waals surface area contributed by atoms with Gasteiger partial charge in [-0.05, 0) is 73.7 Å². The van der Waals surface area contributed by atoms with Gasteiger partial charge in [0.2, 0.25) is 0 Å². The van der Waals surface area contributed by atoms with Crippen molar-refractivity contribution < 1.29 is 4.39 Å². The average Bonchev–Trinajstić information content (AvgIpc) is 2.63. The molecule has 0 bridgehead atoms. The van der Waals surface area contributed by atoms with E-state index in [0.717, 1.165) is 17.5 Å². The van der Waals surface area contributed by atoms with Crippen LogP contribution in [0.4, 0.5) is 4.39 Å². The lowest BCUT2D eigenvalue weighted by Crippen LogP contribution is -2.30. The first-order valence-electron chi connectivity index (χ1n) is 8.98. The summed E-state index contributed by atoms with van der Waals surface area (Å²) in [6.07, 6.45) is 7.57. The zero-order valence-corrected chi connectivity index (χ0v) is 14.5. The van der Waals surface area contributed by atoms with Crippen molar-refractivity contribution in [3.8, 4) is 11.1 Å². The van der Waals surface area contributed by atoms with Gasteiger partial charge in [-0.25, -0.2) is 4.39 Å². The molecule has 1 fully saturated rings. The standard InChI is InChI=1S/C22H26FN/c1-18(6-5-17-24-15-3-2-4-16-24)19-7-9-20(10-8-19)21-11-13-22(23)14-12-21/h6-14H,2-5,15-17H2,1H3. The number of nitrogens with zero attached hydrogens (tertiary/aromatic N) is 1. The van der Waals surface area contributed by atoms with Crippen molar-refractivity contribution in [1.82, 2.24) is 4.90 Å². The fourth-order valence-corrected chi connectivity index (χ4v) is 3.33. The molecule has 1 aliphatic rings. The first-order chi connectivity index (χ1) is 11.7. The fraction of sp³-hybridized carbons (Fsp3) is 0.364. The van der Waals surface area contributed by atoms with Crippen LogP contribution in [-0.2, 0) is 0 Å². The molecule has 0 aliphatic carbocycles. The normalized spacial score (nSPS) is 16.3. The summed E-state index contributed by atoms with van der Waals surface area (Å²) in [6.45, 7) is 5.88. The number of likely N-dealkylation sites (tertiary alicyclic amines) is 1. The molecule has 24 heavy (non-hydrogen) atoms. The summed E-state index contributed by atoms with van der Waals surface area (Å²) < 4.78 is 13.0. The predicted molar refractivity (Wildman–Crippen MR) is 100 cm³/mol. The third-order valence-electron chi connectivity index (χ3n) is 4.86. The van der Waals surface area contributed by atoms with Crippen LogP contribution in [0.1, 0.15) is 38.2 Å². The topological polar surface area (TPSA) is 3.24 Å². The predicted octanol–water partition coefficient (Wildman–Crippen LogP) is 5.77. The Hall–Kier alpha value is -1.93. The number of halogens is 1. The Morgan fingerprint density at radius 3 is 2.12 bits per heavy atom. The van der Waals surface area contributed by atoms with Crippen molar-refractivity contribution >= 4 is 5.57 Å². The minimum Gasteiger partial charge on any atom is -0.303 e. The monoisotopic (exact) mass is 323 g/mol. The number of allylic oxidation sites excluding steroid dienone is 1. The van der Waals surface area contributed by atoms with Gasteiger partial charge in [-0.15, -0.1) is 0 Å². The van der Waals surface area contributed by atoms with Crippen LogP contribution in [0.3, 0.4) is 0 Å². The molecule has 0 amide bonds. The van der Waals surface area contributed by atoms with Crippen LogP contribution < -0.4 is 0 Å². The molecule has 0 aromatic heterocycles. The summed E-state index contributed by atoms with van der Waals surface area (Å²) in [5.41, 5.74) is 4.77. The molecule has 0 atom stereocenters. The van der Waals surface area contributed by atoms with Crippen molar-refractivity contribution in [2.75, 3.05) is 19.6 Å². The summed E-state index contributed by atoms with van der Waals surface area (Å²) in [7, 11) is 0. The second-order valence-electron chi connectivity index (χ2n) is 6.66.